The maximum absolute atomic E-state index is 12.6. The lowest BCUT2D eigenvalue weighted by atomic mass is 10.2. The van der Waals surface area contributed by atoms with E-state index in [2.05, 4.69) is 35.7 Å². The molecule has 0 spiro atoms. The van der Waals surface area contributed by atoms with Gasteiger partial charge < -0.3 is 10.6 Å². The normalized spacial score (nSPS) is 13.2. The molecule has 0 unspecified atom stereocenters. The summed E-state index contributed by atoms with van der Waals surface area (Å²) in [6.07, 6.45) is 2.85. The van der Waals surface area contributed by atoms with Gasteiger partial charge in [0.2, 0.25) is 0 Å². The van der Waals surface area contributed by atoms with E-state index in [0.29, 0.717) is 23.8 Å². The molecule has 0 radical (unpaired) electrons. The zero-order chi connectivity index (χ0) is 20.5. The highest BCUT2D eigenvalue weighted by atomic mass is 32.2. The predicted molar refractivity (Wildman–Crippen MR) is 120 cm³/mol. The van der Waals surface area contributed by atoms with Crippen LogP contribution >= 0.6 is 23.1 Å². The van der Waals surface area contributed by atoms with Crippen molar-refractivity contribution < 1.29 is 8.42 Å². The number of rotatable bonds is 11. The molecule has 1 aromatic heterocycles. The molecule has 0 aliphatic rings. The number of nitrogens with one attached hydrogen (secondary N) is 2. The van der Waals surface area contributed by atoms with E-state index in [-0.39, 0.29) is 4.75 Å². The Kier molecular flexibility index (Phi) is 10.1. The Hall–Kier alpha value is -0.770. The molecule has 0 amide bonds. The summed E-state index contributed by atoms with van der Waals surface area (Å²) in [5.41, 5.74) is 0. The van der Waals surface area contributed by atoms with Gasteiger partial charge in [0.05, 0.1) is 6.54 Å². The van der Waals surface area contributed by atoms with Crippen molar-refractivity contribution in [3.8, 4) is 0 Å². The van der Waals surface area contributed by atoms with Crippen LogP contribution in [0.5, 0.6) is 0 Å². The predicted octanol–water partition coefficient (Wildman–Crippen LogP) is 3.02. The number of aliphatic imine (C=N–C) groups is 1. The number of hydrogen-bond acceptors (Lipinski definition) is 5. The Morgan fingerprint density at radius 3 is 2.44 bits per heavy atom. The van der Waals surface area contributed by atoms with Crippen LogP contribution < -0.4 is 10.6 Å². The van der Waals surface area contributed by atoms with Gasteiger partial charge in [-0.05, 0) is 45.6 Å². The second-order valence-corrected chi connectivity index (χ2v) is 11.5. The first-order chi connectivity index (χ1) is 12.7. The monoisotopic (exact) mass is 434 g/mol. The molecule has 156 valence electrons. The average molecular weight is 435 g/mol. The summed E-state index contributed by atoms with van der Waals surface area (Å²) < 4.78 is 27.2. The SMILES string of the molecule is CCNC(=NCC(C)(C)SC)NCCc1ccc(S(=O)(=O)N(CC)CC)s1. The first-order valence-electron chi connectivity index (χ1n) is 9.36. The molecule has 1 aromatic rings. The number of thiophene rings is 1. The van der Waals surface area contributed by atoms with E-state index in [1.807, 2.05) is 26.8 Å². The average Bonchev–Trinajstić information content (AvgIpc) is 3.10. The molecular formula is C18H34N4O2S3. The van der Waals surface area contributed by atoms with Crippen molar-refractivity contribution in [3.05, 3.63) is 17.0 Å². The van der Waals surface area contributed by atoms with E-state index in [1.54, 1.807) is 17.8 Å². The summed E-state index contributed by atoms with van der Waals surface area (Å²) in [5.74, 6) is 0.798. The third kappa shape index (κ3) is 7.63. The molecule has 0 fully saturated rings. The first kappa shape index (κ1) is 24.3. The van der Waals surface area contributed by atoms with Crippen LogP contribution in [-0.2, 0) is 16.4 Å². The molecule has 0 aromatic carbocycles. The highest BCUT2D eigenvalue weighted by Gasteiger charge is 2.23. The van der Waals surface area contributed by atoms with Crippen LogP contribution in [-0.4, -0.2) is 62.4 Å². The van der Waals surface area contributed by atoms with Gasteiger partial charge >= 0.3 is 0 Å². The topological polar surface area (TPSA) is 73.8 Å². The largest absolute Gasteiger partial charge is 0.357 e. The third-order valence-corrected chi connectivity index (χ3v) is 9.01. The molecule has 9 heteroatoms. The number of nitrogens with zero attached hydrogens (tertiary/aromatic N) is 2. The number of sulfonamides is 1. The van der Waals surface area contributed by atoms with Gasteiger partial charge in [-0.2, -0.15) is 16.1 Å². The van der Waals surface area contributed by atoms with Crippen molar-refractivity contribution in [2.45, 2.75) is 50.0 Å². The van der Waals surface area contributed by atoms with Crippen molar-refractivity contribution >= 4 is 39.1 Å². The molecule has 6 nitrogen and oxygen atoms in total. The molecule has 0 atom stereocenters. The van der Waals surface area contributed by atoms with E-state index < -0.39 is 10.0 Å². The second kappa shape index (κ2) is 11.3. The van der Waals surface area contributed by atoms with Gasteiger partial charge in [-0.3, -0.25) is 4.99 Å². The van der Waals surface area contributed by atoms with Gasteiger partial charge in [0.1, 0.15) is 4.21 Å². The number of guanidine groups is 1. The number of thioether (sulfide) groups is 1. The van der Waals surface area contributed by atoms with Gasteiger partial charge in [-0.15, -0.1) is 11.3 Å². The molecule has 0 aliphatic carbocycles. The van der Waals surface area contributed by atoms with Crippen LogP contribution in [0, 0.1) is 0 Å². The summed E-state index contributed by atoms with van der Waals surface area (Å²) in [7, 11) is -3.37. The first-order valence-corrected chi connectivity index (χ1v) is 12.8. The fourth-order valence-electron chi connectivity index (χ4n) is 2.30. The summed E-state index contributed by atoms with van der Waals surface area (Å²) in [4.78, 5) is 5.70. The van der Waals surface area contributed by atoms with E-state index >= 15 is 0 Å². The third-order valence-electron chi connectivity index (χ3n) is 4.12. The van der Waals surface area contributed by atoms with E-state index in [9.17, 15) is 8.42 Å². The van der Waals surface area contributed by atoms with Crippen LogP contribution in [0.4, 0.5) is 0 Å². The highest BCUT2D eigenvalue weighted by molar-refractivity contribution is 7.99. The van der Waals surface area contributed by atoms with Crippen LogP contribution in [0.25, 0.3) is 0 Å². The quantitative estimate of drug-likeness (QED) is 0.414. The minimum Gasteiger partial charge on any atom is -0.357 e. The van der Waals surface area contributed by atoms with Gasteiger partial charge in [0.25, 0.3) is 10.0 Å². The maximum atomic E-state index is 12.6. The molecule has 0 saturated heterocycles. The molecule has 1 rings (SSSR count). The highest BCUT2D eigenvalue weighted by Crippen LogP contribution is 2.25. The zero-order valence-corrected chi connectivity index (χ0v) is 19.8. The van der Waals surface area contributed by atoms with Crippen molar-refractivity contribution in [2.24, 2.45) is 4.99 Å². The molecule has 0 bridgehead atoms. The minimum absolute atomic E-state index is 0.101. The smallest absolute Gasteiger partial charge is 0.252 e. The molecule has 1 heterocycles. The van der Waals surface area contributed by atoms with Crippen molar-refractivity contribution in [1.29, 1.82) is 0 Å². The Bertz CT molecular complexity index is 695. The summed E-state index contributed by atoms with van der Waals surface area (Å²) in [6, 6.07) is 3.62. The van der Waals surface area contributed by atoms with Gasteiger partial charge in [0.15, 0.2) is 5.96 Å². The van der Waals surface area contributed by atoms with Gasteiger partial charge in [-0.1, -0.05) is 13.8 Å². The Morgan fingerprint density at radius 1 is 1.22 bits per heavy atom. The maximum Gasteiger partial charge on any atom is 0.252 e. The Balaban J connectivity index is 2.68. The lowest BCUT2D eigenvalue weighted by molar-refractivity contribution is 0.447. The molecule has 0 saturated carbocycles. The summed E-state index contributed by atoms with van der Waals surface area (Å²) in [5, 5.41) is 6.59. The van der Waals surface area contributed by atoms with Crippen LogP contribution in [0.15, 0.2) is 21.3 Å². The lowest BCUT2D eigenvalue weighted by Crippen LogP contribution is -2.39. The zero-order valence-electron chi connectivity index (χ0n) is 17.3. The summed E-state index contributed by atoms with van der Waals surface area (Å²) in [6.45, 7) is 13.3. The standard InChI is InChI=1S/C18H34N4O2S3/c1-7-19-17(21-14-18(4,5)25-6)20-13-12-15-10-11-16(26-15)27(23,24)22(8-2)9-3/h10-11H,7-9,12-14H2,1-6H3,(H2,19,20,21). The minimum atomic E-state index is -3.37. The lowest BCUT2D eigenvalue weighted by Gasteiger charge is -2.20. The second-order valence-electron chi connectivity index (χ2n) is 6.65. The molecular weight excluding hydrogens is 400 g/mol. The van der Waals surface area contributed by atoms with E-state index in [0.717, 1.165) is 30.3 Å². The Labute approximate surface area is 173 Å². The molecule has 2 N–H and O–H groups in total. The van der Waals surface area contributed by atoms with Crippen molar-refractivity contribution in [1.82, 2.24) is 14.9 Å². The van der Waals surface area contributed by atoms with Crippen LogP contribution in [0.1, 0.15) is 39.5 Å². The van der Waals surface area contributed by atoms with Gasteiger partial charge in [-0.25, -0.2) is 8.42 Å². The molecule has 0 aliphatic heterocycles. The fraction of sp³-hybridized carbons (Fsp3) is 0.722. The van der Waals surface area contributed by atoms with Crippen molar-refractivity contribution in [2.75, 3.05) is 39.0 Å². The van der Waals surface area contributed by atoms with E-state index in [4.69, 9.17) is 0 Å². The van der Waals surface area contributed by atoms with E-state index in [1.165, 1.54) is 15.6 Å². The summed E-state index contributed by atoms with van der Waals surface area (Å²) >= 11 is 3.15. The molecule has 27 heavy (non-hydrogen) atoms. The van der Waals surface area contributed by atoms with Crippen LogP contribution in [0.2, 0.25) is 0 Å². The van der Waals surface area contributed by atoms with Crippen molar-refractivity contribution in [3.63, 3.8) is 0 Å². The number of hydrogen-bond donors (Lipinski definition) is 2. The Morgan fingerprint density at radius 2 is 1.89 bits per heavy atom. The van der Waals surface area contributed by atoms with Gasteiger partial charge in [0, 0.05) is 35.8 Å². The fourth-order valence-corrected chi connectivity index (χ4v) is 5.46. The van der Waals surface area contributed by atoms with Crippen LogP contribution in [0.3, 0.4) is 0 Å².